The highest BCUT2D eigenvalue weighted by Crippen LogP contribution is 2.32. The molecule has 1 rings (SSSR count). The van der Waals surface area contributed by atoms with E-state index in [4.69, 9.17) is 21.1 Å². The van der Waals surface area contributed by atoms with Crippen molar-refractivity contribution in [2.24, 2.45) is 5.92 Å². The lowest BCUT2D eigenvalue weighted by Crippen LogP contribution is -2.30. The minimum atomic E-state index is -0.737. The van der Waals surface area contributed by atoms with Gasteiger partial charge in [0.2, 0.25) is 5.91 Å². The molecule has 0 aliphatic heterocycles. The summed E-state index contributed by atoms with van der Waals surface area (Å²) in [7, 11) is 3.11. The molecule has 4 nitrogen and oxygen atoms in total. The van der Waals surface area contributed by atoms with Gasteiger partial charge in [-0.3, -0.25) is 4.79 Å². The minimum absolute atomic E-state index is 0.206. The fourth-order valence-corrected chi connectivity index (χ4v) is 1.77. The van der Waals surface area contributed by atoms with Crippen LogP contribution in [0.5, 0.6) is 11.5 Å². The normalized spacial score (nSPS) is 12.1. The summed E-state index contributed by atoms with van der Waals surface area (Å²) in [6.07, 6.45) is 0. The Morgan fingerprint density at radius 1 is 1.26 bits per heavy atom. The summed E-state index contributed by atoms with van der Waals surface area (Å²) < 4.78 is 10.3. The summed E-state index contributed by atoms with van der Waals surface area (Å²) in [6, 6.07) is 5.21. The fraction of sp³-hybridized carbons (Fsp3) is 0.500. The quantitative estimate of drug-likeness (QED) is 0.818. The van der Waals surface area contributed by atoms with Crippen LogP contribution >= 0.6 is 11.6 Å². The zero-order valence-electron chi connectivity index (χ0n) is 11.7. The van der Waals surface area contributed by atoms with Crippen LogP contribution in [0.4, 0.5) is 0 Å². The van der Waals surface area contributed by atoms with E-state index < -0.39 is 5.38 Å². The van der Waals surface area contributed by atoms with Gasteiger partial charge in [0, 0.05) is 6.54 Å². The number of rotatable bonds is 6. The van der Waals surface area contributed by atoms with Crippen LogP contribution in [0.15, 0.2) is 18.2 Å². The summed E-state index contributed by atoms with van der Waals surface area (Å²) in [5.41, 5.74) is 0.681. The molecule has 0 spiro atoms. The fourth-order valence-electron chi connectivity index (χ4n) is 1.56. The molecule has 0 radical (unpaired) electrons. The molecular formula is C14H20ClNO3. The molecule has 1 N–H and O–H groups in total. The van der Waals surface area contributed by atoms with E-state index in [2.05, 4.69) is 5.32 Å². The van der Waals surface area contributed by atoms with Gasteiger partial charge in [-0.05, 0) is 23.6 Å². The van der Waals surface area contributed by atoms with Crippen molar-refractivity contribution in [1.29, 1.82) is 0 Å². The largest absolute Gasteiger partial charge is 0.493 e. The van der Waals surface area contributed by atoms with Crippen molar-refractivity contribution < 1.29 is 14.3 Å². The molecule has 0 saturated heterocycles. The number of carbonyl (C=O) groups excluding carboxylic acids is 1. The summed E-state index contributed by atoms with van der Waals surface area (Å²) in [5, 5.41) is 2.07. The molecule has 1 atom stereocenters. The van der Waals surface area contributed by atoms with Crippen LogP contribution in [-0.4, -0.2) is 26.7 Å². The first-order valence-corrected chi connectivity index (χ1v) is 6.57. The molecular weight excluding hydrogens is 266 g/mol. The Balaban J connectivity index is 2.81. The predicted molar refractivity (Wildman–Crippen MR) is 76.0 cm³/mol. The Morgan fingerprint density at radius 3 is 2.42 bits per heavy atom. The second-order valence-corrected chi connectivity index (χ2v) is 5.05. The van der Waals surface area contributed by atoms with E-state index in [1.165, 1.54) is 0 Å². The van der Waals surface area contributed by atoms with Crippen LogP contribution in [0.2, 0.25) is 0 Å². The molecule has 1 unspecified atom stereocenters. The smallest absolute Gasteiger partial charge is 0.242 e. The SMILES string of the molecule is COc1ccc(C(Cl)C(=O)NCC(C)C)cc1OC. The number of alkyl halides is 1. The van der Waals surface area contributed by atoms with Crippen molar-refractivity contribution in [3.63, 3.8) is 0 Å². The Bertz CT molecular complexity index is 435. The number of benzene rings is 1. The van der Waals surface area contributed by atoms with Crippen LogP contribution in [0.3, 0.4) is 0 Å². The van der Waals surface area contributed by atoms with Gasteiger partial charge in [0.25, 0.3) is 0 Å². The molecule has 19 heavy (non-hydrogen) atoms. The zero-order valence-corrected chi connectivity index (χ0v) is 12.5. The van der Waals surface area contributed by atoms with Crippen LogP contribution in [0.1, 0.15) is 24.8 Å². The third-order valence-corrected chi connectivity index (χ3v) is 3.07. The van der Waals surface area contributed by atoms with Crippen molar-refractivity contribution >= 4 is 17.5 Å². The highest BCUT2D eigenvalue weighted by atomic mass is 35.5. The molecule has 0 fully saturated rings. The molecule has 1 aromatic carbocycles. The van der Waals surface area contributed by atoms with Crippen molar-refractivity contribution in [2.45, 2.75) is 19.2 Å². The Labute approximate surface area is 119 Å². The van der Waals surface area contributed by atoms with Crippen LogP contribution in [0, 0.1) is 5.92 Å². The first kappa shape index (κ1) is 15.6. The monoisotopic (exact) mass is 285 g/mol. The molecule has 1 aromatic rings. The van der Waals surface area contributed by atoms with E-state index in [0.717, 1.165) is 0 Å². The van der Waals surface area contributed by atoms with Crippen molar-refractivity contribution in [2.75, 3.05) is 20.8 Å². The van der Waals surface area contributed by atoms with Gasteiger partial charge in [-0.15, -0.1) is 11.6 Å². The predicted octanol–water partition coefficient (Wildman–Crippen LogP) is 2.76. The highest BCUT2D eigenvalue weighted by Gasteiger charge is 2.19. The van der Waals surface area contributed by atoms with Crippen LogP contribution in [0.25, 0.3) is 0 Å². The van der Waals surface area contributed by atoms with Crippen molar-refractivity contribution in [3.8, 4) is 11.5 Å². The number of methoxy groups -OCH3 is 2. The number of amides is 1. The molecule has 0 saturated carbocycles. The van der Waals surface area contributed by atoms with Crippen molar-refractivity contribution in [1.82, 2.24) is 5.32 Å². The number of ether oxygens (including phenoxy) is 2. The topological polar surface area (TPSA) is 47.6 Å². The van der Waals surface area contributed by atoms with E-state index in [0.29, 0.717) is 29.5 Å². The lowest BCUT2D eigenvalue weighted by Gasteiger charge is -2.14. The number of halogens is 1. The van der Waals surface area contributed by atoms with E-state index in [9.17, 15) is 4.79 Å². The lowest BCUT2D eigenvalue weighted by molar-refractivity contribution is -0.121. The van der Waals surface area contributed by atoms with Gasteiger partial charge in [-0.25, -0.2) is 0 Å². The Morgan fingerprint density at radius 2 is 1.89 bits per heavy atom. The molecule has 0 aliphatic carbocycles. The van der Waals surface area contributed by atoms with Crippen LogP contribution in [-0.2, 0) is 4.79 Å². The summed E-state index contributed by atoms with van der Waals surface area (Å²) in [6.45, 7) is 4.66. The number of carbonyl (C=O) groups is 1. The van der Waals surface area contributed by atoms with Gasteiger partial charge in [-0.2, -0.15) is 0 Å². The number of nitrogens with one attached hydrogen (secondary N) is 1. The molecule has 0 aliphatic rings. The first-order valence-electron chi connectivity index (χ1n) is 6.13. The standard InChI is InChI=1S/C14H20ClNO3/c1-9(2)8-16-14(17)13(15)10-5-6-11(18-3)12(7-10)19-4/h5-7,9,13H,8H2,1-4H3,(H,16,17). The maximum Gasteiger partial charge on any atom is 0.242 e. The molecule has 5 heteroatoms. The summed E-state index contributed by atoms with van der Waals surface area (Å²) in [5.74, 6) is 1.35. The molecule has 0 aromatic heterocycles. The average Bonchev–Trinajstić information content (AvgIpc) is 2.42. The molecule has 0 bridgehead atoms. The van der Waals surface area contributed by atoms with E-state index in [-0.39, 0.29) is 5.91 Å². The molecule has 106 valence electrons. The summed E-state index contributed by atoms with van der Waals surface area (Å²) >= 11 is 6.16. The maximum absolute atomic E-state index is 11.9. The number of hydrogen-bond acceptors (Lipinski definition) is 3. The second-order valence-electron chi connectivity index (χ2n) is 4.62. The Kier molecular flexibility index (Phi) is 5.96. The number of hydrogen-bond donors (Lipinski definition) is 1. The summed E-state index contributed by atoms with van der Waals surface area (Å²) in [4.78, 5) is 11.9. The van der Waals surface area contributed by atoms with Gasteiger partial charge >= 0.3 is 0 Å². The van der Waals surface area contributed by atoms with Gasteiger partial charge in [0.15, 0.2) is 11.5 Å². The van der Waals surface area contributed by atoms with Gasteiger partial charge < -0.3 is 14.8 Å². The van der Waals surface area contributed by atoms with E-state index in [1.807, 2.05) is 13.8 Å². The van der Waals surface area contributed by atoms with Gasteiger partial charge in [0.1, 0.15) is 5.38 Å². The third-order valence-electron chi connectivity index (χ3n) is 2.61. The van der Waals surface area contributed by atoms with Gasteiger partial charge in [-0.1, -0.05) is 19.9 Å². The van der Waals surface area contributed by atoms with E-state index >= 15 is 0 Å². The Hall–Kier alpha value is -1.42. The molecule has 0 heterocycles. The third kappa shape index (κ3) is 4.31. The minimum Gasteiger partial charge on any atom is -0.493 e. The van der Waals surface area contributed by atoms with Gasteiger partial charge in [0.05, 0.1) is 14.2 Å². The van der Waals surface area contributed by atoms with Crippen LogP contribution < -0.4 is 14.8 Å². The zero-order chi connectivity index (χ0) is 14.4. The van der Waals surface area contributed by atoms with E-state index in [1.54, 1.807) is 32.4 Å². The second kappa shape index (κ2) is 7.24. The lowest BCUT2D eigenvalue weighted by atomic mass is 10.1. The molecule has 1 amide bonds. The maximum atomic E-state index is 11.9. The first-order chi connectivity index (χ1) is 8.99. The highest BCUT2D eigenvalue weighted by molar-refractivity contribution is 6.30. The average molecular weight is 286 g/mol. The van der Waals surface area contributed by atoms with Crippen molar-refractivity contribution in [3.05, 3.63) is 23.8 Å².